The van der Waals surface area contributed by atoms with Gasteiger partial charge in [-0.25, -0.2) is 9.97 Å². The van der Waals surface area contributed by atoms with Crippen molar-refractivity contribution in [3.8, 4) is 11.4 Å². The lowest BCUT2D eigenvalue weighted by atomic mass is 10.2. The fourth-order valence-electron chi connectivity index (χ4n) is 2.91. The van der Waals surface area contributed by atoms with Crippen LogP contribution in [-0.4, -0.2) is 74.3 Å². The van der Waals surface area contributed by atoms with Gasteiger partial charge in [-0.15, -0.1) is 0 Å². The number of carbonyl (C=O) groups excluding carboxylic acids is 1. The second kappa shape index (κ2) is 9.43. The summed E-state index contributed by atoms with van der Waals surface area (Å²) in [4.78, 5) is 26.1. The van der Waals surface area contributed by atoms with Gasteiger partial charge in [0.25, 0.3) is 5.91 Å². The van der Waals surface area contributed by atoms with Crippen molar-refractivity contribution in [2.75, 3.05) is 58.4 Å². The molecule has 1 N–H and O–H groups in total. The summed E-state index contributed by atoms with van der Waals surface area (Å²) in [5, 5.41) is 2.96. The van der Waals surface area contributed by atoms with Crippen molar-refractivity contribution in [1.29, 1.82) is 0 Å². The number of hydrogen-bond donors (Lipinski definition) is 1. The molecular formula is C20H27N5O2. The summed E-state index contributed by atoms with van der Waals surface area (Å²) >= 11 is 0. The number of amides is 1. The quantitative estimate of drug-likeness (QED) is 0.749. The van der Waals surface area contributed by atoms with E-state index >= 15 is 0 Å². The molecule has 2 aromatic rings. The number of hydrogen-bond acceptors (Lipinski definition) is 6. The van der Waals surface area contributed by atoms with Gasteiger partial charge in [0.1, 0.15) is 11.5 Å². The van der Waals surface area contributed by atoms with Crippen LogP contribution in [-0.2, 0) is 4.74 Å². The van der Waals surface area contributed by atoms with Gasteiger partial charge in [0.15, 0.2) is 5.82 Å². The number of carbonyl (C=O) groups is 1. The zero-order chi connectivity index (χ0) is 19.1. The number of anilines is 1. The summed E-state index contributed by atoms with van der Waals surface area (Å²) in [6.45, 7) is 4.39. The lowest BCUT2D eigenvalue weighted by Crippen LogP contribution is -2.37. The van der Waals surface area contributed by atoms with E-state index in [1.807, 2.05) is 44.4 Å². The van der Waals surface area contributed by atoms with Crippen molar-refractivity contribution < 1.29 is 9.53 Å². The van der Waals surface area contributed by atoms with E-state index in [1.54, 1.807) is 6.07 Å². The minimum Gasteiger partial charge on any atom is -0.378 e. The van der Waals surface area contributed by atoms with Crippen LogP contribution in [0.15, 0.2) is 36.4 Å². The van der Waals surface area contributed by atoms with E-state index in [9.17, 15) is 4.79 Å². The molecule has 1 aliphatic heterocycles. The lowest BCUT2D eigenvalue weighted by Gasteiger charge is -2.28. The molecule has 0 atom stereocenters. The van der Waals surface area contributed by atoms with Crippen LogP contribution in [0.25, 0.3) is 11.4 Å². The number of ether oxygens (including phenoxy) is 1. The molecule has 0 unspecified atom stereocenters. The summed E-state index contributed by atoms with van der Waals surface area (Å²) < 4.78 is 5.43. The van der Waals surface area contributed by atoms with Crippen molar-refractivity contribution in [3.63, 3.8) is 0 Å². The second-order valence-electron chi connectivity index (χ2n) is 6.81. The molecule has 0 spiro atoms. The molecule has 3 rings (SSSR count). The fourth-order valence-corrected chi connectivity index (χ4v) is 2.91. The Kier molecular flexibility index (Phi) is 6.73. The standard InChI is InChI=1S/C20H27N5O2/c1-24(2)10-6-9-21-20(26)17-15-18(25-11-13-27-14-12-25)23-19(22-17)16-7-4-3-5-8-16/h3-5,7-8,15H,6,9-14H2,1-2H3,(H,21,26). The molecular weight excluding hydrogens is 342 g/mol. The number of rotatable bonds is 7. The highest BCUT2D eigenvalue weighted by molar-refractivity contribution is 5.93. The van der Waals surface area contributed by atoms with Crippen LogP contribution in [0.4, 0.5) is 5.82 Å². The van der Waals surface area contributed by atoms with Gasteiger partial charge < -0.3 is 19.9 Å². The maximum Gasteiger partial charge on any atom is 0.270 e. The molecule has 0 saturated carbocycles. The molecule has 1 amide bonds. The number of nitrogens with zero attached hydrogens (tertiary/aromatic N) is 4. The first-order valence-electron chi connectivity index (χ1n) is 9.33. The van der Waals surface area contributed by atoms with Gasteiger partial charge in [0, 0.05) is 31.3 Å². The lowest BCUT2D eigenvalue weighted by molar-refractivity contribution is 0.0947. The van der Waals surface area contributed by atoms with Crippen LogP contribution >= 0.6 is 0 Å². The molecule has 144 valence electrons. The maximum atomic E-state index is 12.6. The van der Waals surface area contributed by atoms with E-state index in [2.05, 4.69) is 20.1 Å². The largest absolute Gasteiger partial charge is 0.378 e. The van der Waals surface area contributed by atoms with Gasteiger partial charge in [-0.1, -0.05) is 30.3 Å². The van der Waals surface area contributed by atoms with Crippen molar-refractivity contribution >= 4 is 11.7 Å². The molecule has 1 aromatic carbocycles. The summed E-state index contributed by atoms with van der Waals surface area (Å²) in [5.74, 6) is 1.17. The topological polar surface area (TPSA) is 70.6 Å². The van der Waals surface area contributed by atoms with Gasteiger partial charge in [-0.05, 0) is 27.1 Å². The van der Waals surface area contributed by atoms with Crippen LogP contribution < -0.4 is 10.2 Å². The zero-order valence-corrected chi connectivity index (χ0v) is 16.0. The molecule has 1 aliphatic rings. The van der Waals surface area contributed by atoms with Crippen LogP contribution in [0.5, 0.6) is 0 Å². The Bertz CT molecular complexity index is 745. The Morgan fingerprint density at radius 2 is 1.93 bits per heavy atom. The Morgan fingerprint density at radius 3 is 2.63 bits per heavy atom. The van der Waals surface area contributed by atoms with E-state index in [-0.39, 0.29) is 5.91 Å². The minimum absolute atomic E-state index is 0.164. The normalized spacial score (nSPS) is 14.4. The maximum absolute atomic E-state index is 12.6. The SMILES string of the molecule is CN(C)CCCNC(=O)c1cc(N2CCOCC2)nc(-c2ccccc2)n1. The minimum atomic E-state index is -0.164. The van der Waals surface area contributed by atoms with E-state index < -0.39 is 0 Å². The van der Waals surface area contributed by atoms with Crippen LogP contribution in [0, 0.1) is 0 Å². The predicted octanol–water partition coefficient (Wildman–Crippen LogP) is 1.66. The van der Waals surface area contributed by atoms with E-state index in [0.717, 1.165) is 37.4 Å². The first-order valence-corrected chi connectivity index (χ1v) is 9.33. The molecule has 1 aromatic heterocycles. The Morgan fingerprint density at radius 1 is 1.19 bits per heavy atom. The predicted molar refractivity (Wildman–Crippen MR) is 106 cm³/mol. The Hall–Kier alpha value is -2.51. The summed E-state index contributed by atoms with van der Waals surface area (Å²) in [6, 6.07) is 11.5. The molecule has 2 heterocycles. The van der Waals surface area contributed by atoms with Crippen LogP contribution in [0.2, 0.25) is 0 Å². The first kappa shape index (κ1) is 19.3. The number of nitrogens with one attached hydrogen (secondary N) is 1. The van der Waals surface area contributed by atoms with Crippen LogP contribution in [0.1, 0.15) is 16.9 Å². The molecule has 0 bridgehead atoms. The third-order valence-electron chi connectivity index (χ3n) is 4.38. The molecule has 27 heavy (non-hydrogen) atoms. The smallest absolute Gasteiger partial charge is 0.270 e. The summed E-state index contributed by atoms with van der Waals surface area (Å²) in [6.07, 6.45) is 0.895. The van der Waals surface area contributed by atoms with Gasteiger partial charge in [0.2, 0.25) is 0 Å². The highest BCUT2D eigenvalue weighted by Crippen LogP contribution is 2.21. The van der Waals surface area contributed by atoms with Crippen molar-refractivity contribution in [2.24, 2.45) is 0 Å². The highest BCUT2D eigenvalue weighted by Gasteiger charge is 2.18. The van der Waals surface area contributed by atoms with Gasteiger partial charge in [-0.3, -0.25) is 4.79 Å². The van der Waals surface area contributed by atoms with Gasteiger partial charge in [0.05, 0.1) is 13.2 Å². The Labute approximate surface area is 160 Å². The molecule has 0 aliphatic carbocycles. The molecule has 0 radical (unpaired) electrons. The average Bonchev–Trinajstić information content (AvgIpc) is 2.72. The van der Waals surface area contributed by atoms with Crippen LogP contribution in [0.3, 0.4) is 0 Å². The first-order chi connectivity index (χ1) is 13.1. The molecule has 1 saturated heterocycles. The van der Waals surface area contributed by atoms with E-state index in [0.29, 0.717) is 31.3 Å². The van der Waals surface area contributed by atoms with Crippen molar-refractivity contribution in [3.05, 3.63) is 42.1 Å². The third kappa shape index (κ3) is 5.48. The van der Waals surface area contributed by atoms with E-state index in [4.69, 9.17) is 9.72 Å². The van der Waals surface area contributed by atoms with Crippen molar-refractivity contribution in [1.82, 2.24) is 20.2 Å². The van der Waals surface area contributed by atoms with E-state index in [1.165, 1.54) is 0 Å². The third-order valence-corrected chi connectivity index (χ3v) is 4.38. The van der Waals surface area contributed by atoms with Gasteiger partial charge >= 0.3 is 0 Å². The average molecular weight is 369 g/mol. The van der Waals surface area contributed by atoms with Gasteiger partial charge in [-0.2, -0.15) is 0 Å². The van der Waals surface area contributed by atoms with Crippen molar-refractivity contribution in [2.45, 2.75) is 6.42 Å². The number of aromatic nitrogens is 2. The summed E-state index contributed by atoms with van der Waals surface area (Å²) in [7, 11) is 4.04. The molecule has 7 heteroatoms. The Balaban J connectivity index is 1.82. The number of benzene rings is 1. The highest BCUT2D eigenvalue weighted by atomic mass is 16.5. The second-order valence-corrected chi connectivity index (χ2v) is 6.81. The zero-order valence-electron chi connectivity index (χ0n) is 16.0. The molecule has 7 nitrogen and oxygen atoms in total. The monoisotopic (exact) mass is 369 g/mol. The summed E-state index contributed by atoms with van der Waals surface area (Å²) in [5.41, 5.74) is 1.30. The fraction of sp³-hybridized carbons (Fsp3) is 0.450. The molecule has 1 fully saturated rings. The number of morpholine rings is 1.